The molecule has 0 bridgehead atoms. The van der Waals surface area contributed by atoms with Gasteiger partial charge in [0.1, 0.15) is 5.75 Å². The smallest absolute Gasteiger partial charge is 0.416 e. The van der Waals surface area contributed by atoms with Gasteiger partial charge in [-0.05, 0) is 30.3 Å². The molecule has 0 aliphatic carbocycles. The SMILES string of the molecule is COc1cc(NS(=O)(=O)c2cccc(C(F)(F)F)c2)ccc1NS(C)(=O)=O. The van der Waals surface area contributed by atoms with Crippen LogP contribution >= 0.6 is 0 Å². The lowest BCUT2D eigenvalue weighted by atomic mass is 10.2. The molecular weight excluding hydrogens is 409 g/mol. The molecule has 0 amide bonds. The molecule has 2 aromatic carbocycles. The molecule has 2 aromatic rings. The number of alkyl halides is 3. The molecule has 0 aromatic heterocycles. The monoisotopic (exact) mass is 424 g/mol. The van der Waals surface area contributed by atoms with Gasteiger partial charge in [-0.2, -0.15) is 13.2 Å². The van der Waals surface area contributed by atoms with Crippen molar-refractivity contribution in [3.05, 3.63) is 48.0 Å². The Hall–Kier alpha value is -2.47. The zero-order valence-corrected chi connectivity index (χ0v) is 15.7. The summed E-state index contributed by atoms with van der Waals surface area (Å²) in [5.74, 6) is 0.0182. The summed E-state index contributed by atoms with van der Waals surface area (Å²) in [6.07, 6.45) is -3.76. The van der Waals surface area contributed by atoms with E-state index in [-0.39, 0.29) is 17.1 Å². The molecule has 0 aliphatic heterocycles. The third-order valence-electron chi connectivity index (χ3n) is 3.22. The van der Waals surface area contributed by atoms with Gasteiger partial charge in [0.15, 0.2) is 0 Å². The molecule has 0 fully saturated rings. The largest absolute Gasteiger partial charge is 0.494 e. The molecule has 0 atom stereocenters. The first kappa shape index (κ1) is 20.8. The third-order valence-corrected chi connectivity index (χ3v) is 5.19. The highest BCUT2D eigenvalue weighted by molar-refractivity contribution is 7.92. The Balaban J connectivity index is 2.36. The average Bonchev–Trinajstić information content (AvgIpc) is 2.54. The highest BCUT2D eigenvalue weighted by Crippen LogP contribution is 2.32. The van der Waals surface area contributed by atoms with Gasteiger partial charge in [0, 0.05) is 6.07 Å². The predicted molar refractivity (Wildman–Crippen MR) is 93.7 cm³/mol. The maximum absolute atomic E-state index is 12.8. The van der Waals surface area contributed by atoms with Crippen molar-refractivity contribution >= 4 is 31.4 Å². The first-order valence-corrected chi connectivity index (χ1v) is 10.6. The van der Waals surface area contributed by atoms with E-state index in [2.05, 4.69) is 9.44 Å². The number of methoxy groups -OCH3 is 1. The summed E-state index contributed by atoms with van der Waals surface area (Å²) in [6.45, 7) is 0. The Morgan fingerprint density at radius 2 is 1.63 bits per heavy atom. The minimum Gasteiger partial charge on any atom is -0.494 e. The molecular formula is C15H15F3N2O5S2. The fourth-order valence-corrected chi connectivity index (χ4v) is 3.76. The first-order valence-electron chi connectivity index (χ1n) is 7.18. The lowest BCUT2D eigenvalue weighted by molar-refractivity contribution is -0.137. The highest BCUT2D eigenvalue weighted by Gasteiger charge is 2.31. The fraction of sp³-hybridized carbons (Fsp3) is 0.200. The van der Waals surface area contributed by atoms with Crippen molar-refractivity contribution in [1.82, 2.24) is 0 Å². The van der Waals surface area contributed by atoms with Crippen LogP contribution in [-0.2, 0) is 26.2 Å². The number of hydrogen-bond donors (Lipinski definition) is 2. The molecule has 27 heavy (non-hydrogen) atoms. The van der Waals surface area contributed by atoms with Crippen molar-refractivity contribution in [3.63, 3.8) is 0 Å². The third kappa shape index (κ3) is 5.50. The number of hydrogen-bond acceptors (Lipinski definition) is 5. The topological polar surface area (TPSA) is 102 Å². The van der Waals surface area contributed by atoms with E-state index >= 15 is 0 Å². The number of anilines is 2. The van der Waals surface area contributed by atoms with Gasteiger partial charge in [0.25, 0.3) is 10.0 Å². The summed E-state index contributed by atoms with van der Waals surface area (Å²) >= 11 is 0. The summed E-state index contributed by atoms with van der Waals surface area (Å²) in [7, 11) is -6.66. The molecule has 2 rings (SSSR count). The lowest BCUT2D eigenvalue weighted by Gasteiger charge is -2.14. The van der Waals surface area contributed by atoms with Crippen LogP contribution in [-0.4, -0.2) is 30.2 Å². The molecule has 0 heterocycles. The predicted octanol–water partition coefficient (Wildman–Crippen LogP) is 2.89. The van der Waals surface area contributed by atoms with Crippen molar-refractivity contribution in [1.29, 1.82) is 0 Å². The van der Waals surface area contributed by atoms with Crippen LogP contribution in [0, 0.1) is 0 Å². The van der Waals surface area contributed by atoms with Crippen LogP contribution in [0.3, 0.4) is 0 Å². The summed E-state index contributed by atoms with van der Waals surface area (Å²) in [5.41, 5.74) is -1.05. The first-order chi connectivity index (χ1) is 12.3. The second kappa shape index (κ2) is 7.27. The minimum atomic E-state index is -4.69. The Kier molecular flexibility index (Phi) is 5.61. The zero-order chi connectivity index (χ0) is 20.5. The Bertz CT molecular complexity index is 1050. The van der Waals surface area contributed by atoms with E-state index in [1.807, 2.05) is 0 Å². The van der Waals surface area contributed by atoms with Gasteiger partial charge >= 0.3 is 6.18 Å². The van der Waals surface area contributed by atoms with Crippen molar-refractivity contribution < 1.29 is 34.7 Å². The fourth-order valence-electron chi connectivity index (χ4n) is 2.09. The van der Waals surface area contributed by atoms with Crippen LogP contribution in [0.1, 0.15) is 5.56 Å². The zero-order valence-electron chi connectivity index (χ0n) is 14.0. The summed E-state index contributed by atoms with van der Waals surface area (Å²) in [6, 6.07) is 6.96. The standard InChI is InChI=1S/C15H15F3N2O5S2/c1-25-14-9-11(6-7-13(14)20-26(2,21)22)19-27(23,24)12-5-3-4-10(8-12)15(16,17)18/h3-9,19-20H,1-2H3. The van der Waals surface area contributed by atoms with Crippen LogP contribution in [0.4, 0.5) is 24.5 Å². The van der Waals surface area contributed by atoms with Crippen molar-refractivity contribution in [3.8, 4) is 5.75 Å². The van der Waals surface area contributed by atoms with Crippen molar-refractivity contribution in [2.24, 2.45) is 0 Å². The van der Waals surface area contributed by atoms with Gasteiger partial charge in [-0.3, -0.25) is 9.44 Å². The number of ether oxygens (including phenoxy) is 1. The second-order valence-electron chi connectivity index (χ2n) is 5.42. The number of benzene rings is 2. The van der Waals surface area contributed by atoms with Gasteiger partial charge in [-0.25, -0.2) is 16.8 Å². The van der Waals surface area contributed by atoms with E-state index in [0.29, 0.717) is 6.07 Å². The Labute approximate surface area is 154 Å². The Morgan fingerprint density at radius 1 is 0.963 bits per heavy atom. The molecule has 0 saturated carbocycles. The summed E-state index contributed by atoms with van der Waals surface area (Å²) in [5, 5.41) is 0. The molecule has 0 saturated heterocycles. The van der Waals surface area contributed by atoms with Crippen molar-refractivity contribution in [2.45, 2.75) is 11.1 Å². The normalized spacial score (nSPS) is 12.5. The second-order valence-corrected chi connectivity index (χ2v) is 8.85. The summed E-state index contributed by atoms with van der Waals surface area (Å²) < 4.78 is 95.0. The maximum Gasteiger partial charge on any atom is 0.416 e. The van der Waals surface area contributed by atoms with Gasteiger partial charge < -0.3 is 4.74 Å². The van der Waals surface area contributed by atoms with Crippen LogP contribution in [0.15, 0.2) is 47.4 Å². The molecule has 0 unspecified atom stereocenters. The molecule has 0 aliphatic rings. The van der Waals surface area contributed by atoms with Crippen LogP contribution in [0.25, 0.3) is 0 Å². The molecule has 7 nitrogen and oxygen atoms in total. The van der Waals surface area contributed by atoms with Gasteiger partial charge in [0.2, 0.25) is 10.0 Å². The van der Waals surface area contributed by atoms with E-state index in [9.17, 15) is 30.0 Å². The van der Waals surface area contributed by atoms with E-state index in [4.69, 9.17) is 4.74 Å². The van der Waals surface area contributed by atoms with E-state index in [1.165, 1.54) is 25.3 Å². The van der Waals surface area contributed by atoms with E-state index < -0.39 is 36.7 Å². The molecule has 148 valence electrons. The average molecular weight is 424 g/mol. The van der Waals surface area contributed by atoms with E-state index in [0.717, 1.165) is 24.5 Å². The van der Waals surface area contributed by atoms with Crippen LogP contribution < -0.4 is 14.2 Å². The van der Waals surface area contributed by atoms with Gasteiger partial charge in [0.05, 0.1) is 35.2 Å². The molecule has 12 heteroatoms. The van der Waals surface area contributed by atoms with Crippen molar-refractivity contribution in [2.75, 3.05) is 22.8 Å². The number of nitrogens with one attached hydrogen (secondary N) is 2. The minimum absolute atomic E-state index is 0.0182. The number of sulfonamides is 2. The molecule has 0 radical (unpaired) electrons. The molecule has 2 N–H and O–H groups in total. The number of rotatable bonds is 6. The Morgan fingerprint density at radius 3 is 2.19 bits per heavy atom. The summed E-state index contributed by atoms with van der Waals surface area (Å²) in [4.78, 5) is -0.574. The van der Waals surface area contributed by atoms with Crippen LogP contribution in [0.5, 0.6) is 5.75 Å². The number of halogens is 3. The quantitative estimate of drug-likeness (QED) is 0.743. The van der Waals surface area contributed by atoms with Crippen LogP contribution in [0.2, 0.25) is 0 Å². The van der Waals surface area contributed by atoms with Gasteiger partial charge in [-0.1, -0.05) is 6.07 Å². The lowest BCUT2D eigenvalue weighted by Crippen LogP contribution is -2.15. The van der Waals surface area contributed by atoms with E-state index in [1.54, 1.807) is 0 Å². The maximum atomic E-state index is 12.8. The highest BCUT2D eigenvalue weighted by atomic mass is 32.2. The van der Waals surface area contributed by atoms with Gasteiger partial charge in [-0.15, -0.1) is 0 Å². The molecule has 0 spiro atoms.